The number of hydroxylamine groups is 1. The van der Waals surface area contributed by atoms with Crippen molar-refractivity contribution in [1.82, 2.24) is 15.7 Å². The summed E-state index contributed by atoms with van der Waals surface area (Å²) in [6, 6.07) is 21.4. The van der Waals surface area contributed by atoms with Crippen LogP contribution < -0.4 is 10.8 Å². The molecule has 1 aliphatic heterocycles. The Labute approximate surface area is 191 Å². The van der Waals surface area contributed by atoms with Crippen LogP contribution in [0.4, 0.5) is 0 Å². The molecule has 1 fully saturated rings. The molecule has 0 saturated carbocycles. The summed E-state index contributed by atoms with van der Waals surface area (Å²) < 4.78 is 0. The van der Waals surface area contributed by atoms with E-state index in [2.05, 4.69) is 58.7 Å². The number of amides is 2. The van der Waals surface area contributed by atoms with Crippen LogP contribution in [0.2, 0.25) is 0 Å². The van der Waals surface area contributed by atoms with Crippen LogP contribution in [-0.4, -0.2) is 41.6 Å². The summed E-state index contributed by atoms with van der Waals surface area (Å²) >= 11 is 0. The van der Waals surface area contributed by atoms with Crippen molar-refractivity contribution < 1.29 is 14.8 Å². The Bertz CT molecular complexity index is 781. The lowest BCUT2D eigenvalue weighted by Gasteiger charge is -2.37. The van der Waals surface area contributed by atoms with Gasteiger partial charge in [-0.25, -0.2) is 5.48 Å². The fourth-order valence-corrected chi connectivity index (χ4v) is 4.48. The summed E-state index contributed by atoms with van der Waals surface area (Å²) in [5.41, 5.74) is 4.23. The minimum absolute atomic E-state index is 0.0756. The standard InChI is InChI=1S/C26H35N3O3/c30-24(28-32)15-9-1-2-10-18-27-26(31)23-16-19-29(20-17-23)25(21-11-5-3-6-12-21)22-13-7-4-8-14-22/h3-8,11-14,23,25,32H,1-2,9-10,15-20H2,(H,27,31)(H,28,30). The minimum atomic E-state index is -0.341. The van der Waals surface area contributed by atoms with E-state index in [9.17, 15) is 9.59 Å². The molecule has 2 amide bonds. The van der Waals surface area contributed by atoms with Crippen LogP contribution in [0, 0.1) is 5.92 Å². The van der Waals surface area contributed by atoms with Crippen LogP contribution in [0.1, 0.15) is 62.1 Å². The van der Waals surface area contributed by atoms with E-state index in [1.54, 1.807) is 5.48 Å². The van der Waals surface area contributed by atoms with Gasteiger partial charge in [0.05, 0.1) is 6.04 Å². The van der Waals surface area contributed by atoms with E-state index in [0.717, 1.165) is 51.6 Å². The van der Waals surface area contributed by atoms with Crippen LogP contribution >= 0.6 is 0 Å². The molecule has 3 N–H and O–H groups in total. The molecule has 0 spiro atoms. The zero-order valence-corrected chi connectivity index (χ0v) is 18.7. The molecule has 2 aromatic rings. The van der Waals surface area contributed by atoms with E-state index in [1.807, 2.05) is 12.1 Å². The largest absolute Gasteiger partial charge is 0.356 e. The van der Waals surface area contributed by atoms with Crippen LogP contribution in [0.25, 0.3) is 0 Å². The Morgan fingerprint density at radius 3 is 2.00 bits per heavy atom. The van der Waals surface area contributed by atoms with Gasteiger partial charge in [0.2, 0.25) is 11.8 Å². The van der Waals surface area contributed by atoms with Crippen LogP contribution in [-0.2, 0) is 9.59 Å². The van der Waals surface area contributed by atoms with Crippen molar-refractivity contribution in [2.75, 3.05) is 19.6 Å². The number of hydrogen-bond donors (Lipinski definition) is 3. The fraction of sp³-hybridized carbons (Fsp3) is 0.462. The van der Waals surface area contributed by atoms with Crippen molar-refractivity contribution in [2.24, 2.45) is 5.92 Å². The molecular weight excluding hydrogens is 402 g/mol. The van der Waals surface area contributed by atoms with Crippen molar-refractivity contribution in [3.8, 4) is 0 Å². The zero-order chi connectivity index (χ0) is 22.6. The number of unbranched alkanes of at least 4 members (excludes halogenated alkanes) is 3. The van der Waals surface area contributed by atoms with Crippen molar-refractivity contribution >= 4 is 11.8 Å². The third-order valence-corrected chi connectivity index (χ3v) is 6.25. The van der Waals surface area contributed by atoms with Crippen molar-refractivity contribution in [2.45, 2.75) is 51.0 Å². The van der Waals surface area contributed by atoms with Gasteiger partial charge in [-0.1, -0.05) is 73.5 Å². The summed E-state index contributed by atoms with van der Waals surface area (Å²) in [7, 11) is 0. The lowest BCUT2D eigenvalue weighted by atomic mass is 9.91. The molecule has 0 unspecified atom stereocenters. The molecule has 0 aliphatic carbocycles. The number of nitrogens with zero attached hydrogens (tertiary/aromatic N) is 1. The second kappa shape index (κ2) is 13.0. The van der Waals surface area contributed by atoms with Gasteiger partial charge in [-0.05, 0) is 49.9 Å². The highest BCUT2D eigenvalue weighted by Gasteiger charge is 2.30. The van der Waals surface area contributed by atoms with Crippen molar-refractivity contribution in [3.63, 3.8) is 0 Å². The zero-order valence-electron chi connectivity index (χ0n) is 18.7. The van der Waals surface area contributed by atoms with E-state index >= 15 is 0 Å². The number of hydrogen-bond acceptors (Lipinski definition) is 4. The molecule has 2 aromatic carbocycles. The van der Waals surface area contributed by atoms with Gasteiger partial charge in [-0.15, -0.1) is 0 Å². The highest BCUT2D eigenvalue weighted by atomic mass is 16.5. The third kappa shape index (κ3) is 7.18. The van der Waals surface area contributed by atoms with Gasteiger partial charge < -0.3 is 5.32 Å². The average molecular weight is 438 g/mol. The number of carbonyl (C=O) groups is 2. The highest BCUT2D eigenvalue weighted by molar-refractivity contribution is 5.78. The van der Waals surface area contributed by atoms with Crippen LogP contribution in [0.5, 0.6) is 0 Å². The first-order valence-corrected chi connectivity index (χ1v) is 11.7. The second-order valence-electron chi connectivity index (χ2n) is 8.52. The molecule has 6 nitrogen and oxygen atoms in total. The maximum atomic E-state index is 12.6. The Morgan fingerprint density at radius 2 is 1.44 bits per heavy atom. The van der Waals surface area contributed by atoms with Gasteiger partial charge in [0.15, 0.2) is 0 Å². The number of benzene rings is 2. The summed E-state index contributed by atoms with van der Waals surface area (Å²) in [6.45, 7) is 2.49. The van der Waals surface area contributed by atoms with Gasteiger partial charge in [0.1, 0.15) is 0 Å². The quantitative estimate of drug-likeness (QED) is 0.281. The lowest BCUT2D eigenvalue weighted by Crippen LogP contribution is -2.42. The number of rotatable bonds is 11. The Morgan fingerprint density at radius 1 is 0.875 bits per heavy atom. The van der Waals surface area contributed by atoms with Gasteiger partial charge in [-0.2, -0.15) is 0 Å². The fourth-order valence-electron chi connectivity index (χ4n) is 4.48. The number of nitrogens with one attached hydrogen (secondary N) is 2. The van der Waals surface area contributed by atoms with Crippen LogP contribution in [0.15, 0.2) is 60.7 Å². The molecule has 0 atom stereocenters. The van der Waals surface area contributed by atoms with Gasteiger partial charge >= 0.3 is 0 Å². The molecule has 3 rings (SSSR count). The normalized spacial score (nSPS) is 14.9. The Balaban J connectivity index is 1.43. The molecule has 0 aromatic heterocycles. The molecule has 6 heteroatoms. The van der Waals surface area contributed by atoms with E-state index < -0.39 is 0 Å². The van der Waals surface area contributed by atoms with E-state index in [4.69, 9.17) is 5.21 Å². The van der Waals surface area contributed by atoms with E-state index in [0.29, 0.717) is 13.0 Å². The van der Waals surface area contributed by atoms with Gasteiger partial charge in [-0.3, -0.25) is 19.7 Å². The minimum Gasteiger partial charge on any atom is -0.356 e. The van der Waals surface area contributed by atoms with E-state index in [1.165, 1.54) is 11.1 Å². The summed E-state index contributed by atoms with van der Waals surface area (Å²) in [6.07, 6.45) is 5.64. The Hall–Kier alpha value is -2.70. The molecule has 0 radical (unpaired) electrons. The average Bonchev–Trinajstić information content (AvgIpc) is 2.85. The molecule has 0 bridgehead atoms. The molecule has 1 saturated heterocycles. The second-order valence-corrected chi connectivity index (χ2v) is 8.52. The first kappa shape index (κ1) is 24.0. The summed E-state index contributed by atoms with van der Waals surface area (Å²) in [5, 5.41) is 11.6. The van der Waals surface area contributed by atoms with Gasteiger partial charge in [0.25, 0.3) is 0 Å². The maximum Gasteiger partial charge on any atom is 0.243 e. The maximum absolute atomic E-state index is 12.6. The summed E-state index contributed by atoms with van der Waals surface area (Å²) in [4.78, 5) is 26.1. The first-order chi connectivity index (χ1) is 15.7. The first-order valence-electron chi connectivity index (χ1n) is 11.7. The SMILES string of the molecule is O=C(CCCCCCNC(=O)C1CCN(C(c2ccccc2)c2ccccc2)CC1)NO. The van der Waals surface area contributed by atoms with Crippen LogP contribution in [0.3, 0.4) is 0 Å². The van der Waals surface area contributed by atoms with Crippen molar-refractivity contribution in [1.29, 1.82) is 0 Å². The smallest absolute Gasteiger partial charge is 0.243 e. The molecule has 32 heavy (non-hydrogen) atoms. The molecule has 1 aliphatic rings. The third-order valence-electron chi connectivity index (χ3n) is 6.25. The van der Waals surface area contributed by atoms with Crippen molar-refractivity contribution in [3.05, 3.63) is 71.8 Å². The van der Waals surface area contributed by atoms with E-state index in [-0.39, 0.29) is 23.8 Å². The van der Waals surface area contributed by atoms with Gasteiger partial charge in [0, 0.05) is 18.9 Å². The Kier molecular flexibility index (Phi) is 9.72. The number of piperidine rings is 1. The molecule has 1 heterocycles. The predicted molar refractivity (Wildman–Crippen MR) is 125 cm³/mol. The topological polar surface area (TPSA) is 81.7 Å². The predicted octanol–water partition coefficient (Wildman–Crippen LogP) is 4.06. The monoisotopic (exact) mass is 437 g/mol. The number of likely N-dealkylation sites (tertiary alicyclic amines) is 1. The highest BCUT2D eigenvalue weighted by Crippen LogP contribution is 2.32. The molecule has 172 valence electrons. The molecular formula is C26H35N3O3. The number of carbonyl (C=O) groups excluding carboxylic acids is 2. The summed E-state index contributed by atoms with van der Waals surface area (Å²) in [5.74, 6) is -0.0987. The lowest BCUT2D eigenvalue weighted by molar-refractivity contribution is -0.129.